The van der Waals surface area contributed by atoms with E-state index in [9.17, 15) is 0 Å². The van der Waals surface area contributed by atoms with E-state index in [0.717, 1.165) is 6.04 Å². The zero-order valence-electron chi connectivity index (χ0n) is 11.1. The van der Waals surface area contributed by atoms with Crippen LogP contribution in [0.3, 0.4) is 0 Å². The van der Waals surface area contributed by atoms with Crippen LogP contribution in [0.15, 0.2) is 24.3 Å². The summed E-state index contributed by atoms with van der Waals surface area (Å²) < 4.78 is 0. The molecule has 1 atom stereocenters. The molecule has 0 saturated heterocycles. The Hall–Kier alpha value is -1.06. The topological polar surface area (TPSA) is 32.5 Å². The van der Waals surface area contributed by atoms with Gasteiger partial charge in [0, 0.05) is 38.4 Å². The molecule has 1 aliphatic carbocycles. The van der Waals surface area contributed by atoms with Gasteiger partial charge >= 0.3 is 0 Å². The molecule has 2 rings (SSSR count). The van der Waals surface area contributed by atoms with Gasteiger partial charge in [0.05, 0.1) is 0 Å². The Bertz CT molecular complexity index is 354. The standard InChI is InChI=1S/C14H23N3/c1-16(2)12-6-4-11(5-7-12)14(10-15)17(3)13-8-9-13/h4-7,13-14H,8-10,15H2,1-3H3. The second-order valence-corrected chi connectivity index (χ2v) is 5.13. The van der Waals surface area contributed by atoms with Crippen LogP contribution in [0.5, 0.6) is 0 Å². The highest BCUT2D eigenvalue weighted by atomic mass is 15.2. The lowest BCUT2D eigenvalue weighted by atomic mass is 10.0. The van der Waals surface area contributed by atoms with E-state index in [1.54, 1.807) is 0 Å². The third-order valence-corrected chi connectivity index (χ3v) is 3.63. The molecule has 17 heavy (non-hydrogen) atoms. The maximum absolute atomic E-state index is 5.92. The van der Waals surface area contributed by atoms with Crippen LogP contribution in [0, 0.1) is 0 Å². The average Bonchev–Trinajstić information content (AvgIpc) is 3.14. The van der Waals surface area contributed by atoms with Crippen molar-refractivity contribution in [1.29, 1.82) is 0 Å². The number of anilines is 1. The average molecular weight is 233 g/mol. The van der Waals surface area contributed by atoms with Crippen LogP contribution in [0.4, 0.5) is 5.69 Å². The van der Waals surface area contributed by atoms with Crippen molar-refractivity contribution < 1.29 is 0 Å². The van der Waals surface area contributed by atoms with Gasteiger partial charge in [0.2, 0.25) is 0 Å². The zero-order chi connectivity index (χ0) is 12.4. The van der Waals surface area contributed by atoms with Gasteiger partial charge < -0.3 is 10.6 Å². The first kappa shape index (κ1) is 12.4. The van der Waals surface area contributed by atoms with Crippen LogP contribution in [0.2, 0.25) is 0 Å². The molecule has 0 heterocycles. The minimum Gasteiger partial charge on any atom is -0.378 e. The van der Waals surface area contributed by atoms with E-state index in [0.29, 0.717) is 12.6 Å². The monoisotopic (exact) mass is 233 g/mol. The highest BCUT2D eigenvalue weighted by Gasteiger charge is 2.31. The lowest BCUT2D eigenvalue weighted by molar-refractivity contribution is 0.240. The summed E-state index contributed by atoms with van der Waals surface area (Å²) in [6.07, 6.45) is 2.64. The molecule has 1 unspecified atom stereocenters. The maximum Gasteiger partial charge on any atom is 0.0470 e. The van der Waals surface area contributed by atoms with E-state index in [1.165, 1.54) is 24.1 Å². The van der Waals surface area contributed by atoms with Gasteiger partial charge in [-0.15, -0.1) is 0 Å². The number of hydrogen-bond acceptors (Lipinski definition) is 3. The SMILES string of the molecule is CN(C)c1ccc(C(CN)N(C)C2CC2)cc1. The molecule has 0 amide bonds. The fourth-order valence-corrected chi connectivity index (χ4v) is 2.27. The summed E-state index contributed by atoms with van der Waals surface area (Å²) >= 11 is 0. The molecule has 1 aromatic rings. The maximum atomic E-state index is 5.92. The minimum atomic E-state index is 0.360. The number of rotatable bonds is 5. The van der Waals surface area contributed by atoms with Gasteiger partial charge in [-0.2, -0.15) is 0 Å². The first-order chi connectivity index (χ1) is 8.13. The number of benzene rings is 1. The second kappa shape index (κ2) is 5.07. The first-order valence-corrected chi connectivity index (χ1v) is 6.32. The van der Waals surface area contributed by atoms with Crippen LogP contribution in [-0.4, -0.2) is 38.6 Å². The van der Waals surface area contributed by atoms with Crippen molar-refractivity contribution in [1.82, 2.24) is 4.90 Å². The molecule has 0 spiro atoms. The fraction of sp³-hybridized carbons (Fsp3) is 0.571. The Morgan fingerprint density at radius 2 is 1.76 bits per heavy atom. The Morgan fingerprint density at radius 3 is 2.18 bits per heavy atom. The lowest BCUT2D eigenvalue weighted by Gasteiger charge is -2.27. The van der Waals surface area contributed by atoms with Crippen LogP contribution in [-0.2, 0) is 0 Å². The molecule has 0 aromatic heterocycles. The smallest absolute Gasteiger partial charge is 0.0470 e. The lowest BCUT2D eigenvalue weighted by Crippen LogP contribution is -2.32. The van der Waals surface area contributed by atoms with Crippen LogP contribution < -0.4 is 10.6 Å². The second-order valence-electron chi connectivity index (χ2n) is 5.13. The molecular weight excluding hydrogens is 210 g/mol. The van der Waals surface area contributed by atoms with Crippen LogP contribution in [0.25, 0.3) is 0 Å². The molecule has 0 bridgehead atoms. The highest BCUT2D eigenvalue weighted by molar-refractivity contribution is 5.46. The van der Waals surface area contributed by atoms with Crippen molar-refractivity contribution in [3.8, 4) is 0 Å². The molecular formula is C14H23N3. The van der Waals surface area contributed by atoms with Crippen molar-refractivity contribution in [2.24, 2.45) is 5.73 Å². The number of likely N-dealkylation sites (N-methyl/N-ethyl adjacent to an activating group) is 1. The van der Waals surface area contributed by atoms with Crippen molar-refractivity contribution >= 4 is 5.69 Å². The Morgan fingerprint density at radius 1 is 1.18 bits per heavy atom. The number of nitrogens with zero attached hydrogens (tertiary/aromatic N) is 2. The molecule has 3 heteroatoms. The Labute approximate surface area is 104 Å². The van der Waals surface area contributed by atoms with Crippen LogP contribution in [0.1, 0.15) is 24.4 Å². The van der Waals surface area contributed by atoms with E-state index >= 15 is 0 Å². The van der Waals surface area contributed by atoms with E-state index in [-0.39, 0.29) is 0 Å². The summed E-state index contributed by atoms with van der Waals surface area (Å²) in [5, 5.41) is 0. The zero-order valence-corrected chi connectivity index (χ0v) is 11.1. The van der Waals surface area contributed by atoms with Crippen LogP contribution >= 0.6 is 0 Å². The quantitative estimate of drug-likeness (QED) is 0.842. The first-order valence-electron chi connectivity index (χ1n) is 6.32. The minimum absolute atomic E-state index is 0.360. The molecule has 0 radical (unpaired) electrons. The van der Waals surface area contributed by atoms with Gasteiger partial charge in [-0.3, -0.25) is 4.90 Å². The van der Waals surface area contributed by atoms with Crippen molar-refractivity contribution in [2.75, 3.05) is 32.6 Å². The summed E-state index contributed by atoms with van der Waals surface area (Å²) in [7, 11) is 6.31. The predicted molar refractivity (Wildman–Crippen MR) is 73.3 cm³/mol. The summed E-state index contributed by atoms with van der Waals surface area (Å²) in [6.45, 7) is 0.689. The molecule has 0 aliphatic heterocycles. The van der Waals surface area contributed by atoms with Gasteiger partial charge in [-0.1, -0.05) is 12.1 Å². The molecule has 1 aromatic carbocycles. The summed E-state index contributed by atoms with van der Waals surface area (Å²) in [5.41, 5.74) is 8.48. The molecule has 1 fully saturated rings. The molecule has 2 N–H and O–H groups in total. The van der Waals surface area contributed by atoms with Gasteiger partial charge in [-0.05, 0) is 37.6 Å². The summed E-state index contributed by atoms with van der Waals surface area (Å²) in [5.74, 6) is 0. The van der Waals surface area contributed by atoms with Gasteiger partial charge in [0.15, 0.2) is 0 Å². The van der Waals surface area contributed by atoms with E-state index in [2.05, 4.69) is 55.2 Å². The fourth-order valence-electron chi connectivity index (χ4n) is 2.27. The van der Waals surface area contributed by atoms with Crippen molar-refractivity contribution in [2.45, 2.75) is 24.9 Å². The third kappa shape index (κ3) is 2.79. The van der Waals surface area contributed by atoms with Gasteiger partial charge in [-0.25, -0.2) is 0 Å². The third-order valence-electron chi connectivity index (χ3n) is 3.63. The van der Waals surface area contributed by atoms with Gasteiger partial charge in [0.1, 0.15) is 0 Å². The normalized spacial score (nSPS) is 17.2. The molecule has 1 saturated carbocycles. The number of hydrogen-bond donors (Lipinski definition) is 1. The summed E-state index contributed by atoms with van der Waals surface area (Å²) in [4.78, 5) is 4.54. The molecule has 1 aliphatic rings. The Kier molecular flexibility index (Phi) is 3.69. The van der Waals surface area contributed by atoms with E-state index in [1.807, 2.05) is 0 Å². The predicted octanol–water partition coefficient (Wildman–Crippen LogP) is 1.85. The highest BCUT2D eigenvalue weighted by Crippen LogP contribution is 2.32. The molecule has 3 nitrogen and oxygen atoms in total. The van der Waals surface area contributed by atoms with E-state index in [4.69, 9.17) is 5.73 Å². The van der Waals surface area contributed by atoms with Crippen molar-refractivity contribution in [3.63, 3.8) is 0 Å². The Balaban J connectivity index is 2.13. The van der Waals surface area contributed by atoms with Crippen molar-refractivity contribution in [3.05, 3.63) is 29.8 Å². The summed E-state index contributed by atoms with van der Waals surface area (Å²) in [6, 6.07) is 9.84. The largest absolute Gasteiger partial charge is 0.378 e. The number of nitrogens with two attached hydrogens (primary N) is 1. The molecule has 94 valence electrons. The van der Waals surface area contributed by atoms with E-state index < -0.39 is 0 Å². The van der Waals surface area contributed by atoms with Gasteiger partial charge in [0.25, 0.3) is 0 Å².